The minimum Gasteiger partial charge on any atom is -0.386 e. The van der Waals surface area contributed by atoms with Crippen molar-refractivity contribution >= 4 is 23.5 Å². The molecule has 0 bridgehead atoms. The third-order valence-electron chi connectivity index (χ3n) is 2.55. The SMILES string of the molecule is CC(=O)c1ccc2c(c1C(C)=O)C(=O)OC2=O.CCC. The first-order valence-electron chi connectivity index (χ1n) is 6.30. The fourth-order valence-corrected chi connectivity index (χ4v) is 1.83. The molecule has 0 fully saturated rings. The van der Waals surface area contributed by atoms with Gasteiger partial charge in [0.15, 0.2) is 11.6 Å². The Morgan fingerprint density at radius 3 is 2.00 bits per heavy atom. The quantitative estimate of drug-likeness (QED) is 0.471. The molecular weight excluding hydrogens is 260 g/mol. The van der Waals surface area contributed by atoms with Gasteiger partial charge in [-0.15, -0.1) is 0 Å². The Morgan fingerprint density at radius 2 is 1.55 bits per heavy atom. The van der Waals surface area contributed by atoms with E-state index in [-0.39, 0.29) is 28.0 Å². The lowest BCUT2D eigenvalue weighted by Gasteiger charge is -2.06. The van der Waals surface area contributed by atoms with Gasteiger partial charge in [-0.05, 0) is 26.0 Å². The van der Waals surface area contributed by atoms with E-state index >= 15 is 0 Å². The largest absolute Gasteiger partial charge is 0.386 e. The summed E-state index contributed by atoms with van der Waals surface area (Å²) in [7, 11) is 0. The van der Waals surface area contributed by atoms with E-state index in [0.29, 0.717) is 0 Å². The Hall–Kier alpha value is -2.30. The van der Waals surface area contributed by atoms with Crippen molar-refractivity contribution in [3.05, 3.63) is 34.4 Å². The van der Waals surface area contributed by atoms with Gasteiger partial charge in [-0.3, -0.25) is 9.59 Å². The lowest BCUT2D eigenvalue weighted by molar-refractivity contribution is 0.0442. The van der Waals surface area contributed by atoms with Crippen LogP contribution in [0.1, 0.15) is 75.5 Å². The molecule has 1 aromatic carbocycles. The number of ether oxygens (including phenoxy) is 1. The van der Waals surface area contributed by atoms with Crippen molar-refractivity contribution in [1.29, 1.82) is 0 Å². The topological polar surface area (TPSA) is 77.5 Å². The van der Waals surface area contributed by atoms with Gasteiger partial charge in [0.05, 0.1) is 11.1 Å². The molecule has 5 nitrogen and oxygen atoms in total. The number of rotatable bonds is 2. The molecule has 0 amide bonds. The maximum atomic E-state index is 11.5. The zero-order valence-electron chi connectivity index (χ0n) is 11.9. The molecule has 5 heteroatoms. The van der Waals surface area contributed by atoms with E-state index in [9.17, 15) is 19.2 Å². The number of benzene rings is 1. The molecule has 1 heterocycles. The van der Waals surface area contributed by atoms with Gasteiger partial charge in [-0.1, -0.05) is 20.3 Å². The van der Waals surface area contributed by atoms with E-state index in [1.165, 1.54) is 32.4 Å². The highest BCUT2D eigenvalue weighted by atomic mass is 16.6. The molecule has 0 saturated carbocycles. The molecule has 0 aliphatic carbocycles. The number of Topliss-reactive ketones (excluding diaryl/α,β-unsaturated/α-hetero) is 2. The van der Waals surface area contributed by atoms with Crippen LogP contribution in [0.3, 0.4) is 0 Å². The van der Waals surface area contributed by atoms with Crippen molar-refractivity contribution in [1.82, 2.24) is 0 Å². The number of hydrogen-bond acceptors (Lipinski definition) is 5. The highest BCUT2D eigenvalue weighted by Crippen LogP contribution is 2.27. The molecule has 1 aliphatic heterocycles. The summed E-state index contributed by atoms with van der Waals surface area (Å²) in [5.74, 6) is -2.45. The van der Waals surface area contributed by atoms with Gasteiger partial charge in [-0.25, -0.2) is 9.59 Å². The second-order valence-electron chi connectivity index (χ2n) is 4.41. The van der Waals surface area contributed by atoms with Gasteiger partial charge in [-0.2, -0.15) is 0 Å². The third kappa shape index (κ3) is 2.82. The van der Waals surface area contributed by atoms with E-state index < -0.39 is 17.7 Å². The highest BCUT2D eigenvalue weighted by Gasteiger charge is 2.35. The Balaban J connectivity index is 0.000000612. The van der Waals surface area contributed by atoms with Crippen molar-refractivity contribution in [2.75, 3.05) is 0 Å². The van der Waals surface area contributed by atoms with Gasteiger partial charge in [0.25, 0.3) is 0 Å². The van der Waals surface area contributed by atoms with Crippen LogP contribution in [-0.4, -0.2) is 23.5 Å². The van der Waals surface area contributed by atoms with Crippen LogP contribution in [0.25, 0.3) is 0 Å². The van der Waals surface area contributed by atoms with Crippen LogP contribution in [-0.2, 0) is 4.74 Å². The summed E-state index contributed by atoms with van der Waals surface area (Å²) in [6.45, 7) is 6.77. The fraction of sp³-hybridized carbons (Fsp3) is 0.333. The molecule has 1 aliphatic rings. The average Bonchev–Trinajstić information content (AvgIpc) is 2.64. The van der Waals surface area contributed by atoms with E-state index in [4.69, 9.17) is 0 Å². The van der Waals surface area contributed by atoms with E-state index in [2.05, 4.69) is 18.6 Å². The van der Waals surface area contributed by atoms with Gasteiger partial charge >= 0.3 is 11.9 Å². The minimum absolute atomic E-state index is 0.0326. The molecular formula is C15H16O5. The number of fused-ring (bicyclic) bond motifs is 1. The summed E-state index contributed by atoms with van der Waals surface area (Å²) in [6, 6.07) is 2.68. The summed E-state index contributed by atoms with van der Waals surface area (Å²) < 4.78 is 4.42. The normalized spacial score (nSPS) is 12.2. The number of ketones is 2. The predicted molar refractivity (Wildman–Crippen MR) is 72.2 cm³/mol. The van der Waals surface area contributed by atoms with E-state index in [0.717, 1.165) is 0 Å². The number of hydrogen-bond donors (Lipinski definition) is 0. The van der Waals surface area contributed by atoms with Crippen LogP contribution in [0.5, 0.6) is 0 Å². The zero-order chi connectivity index (χ0) is 15.4. The first kappa shape index (κ1) is 15.8. The second-order valence-corrected chi connectivity index (χ2v) is 4.41. The Kier molecular flexibility index (Phi) is 4.91. The van der Waals surface area contributed by atoms with E-state index in [1.807, 2.05) is 0 Å². The van der Waals surface area contributed by atoms with Gasteiger partial charge < -0.3 is 4.74 Å². The van der Waals surface area contributed by atoms with Crippen molar-refractivity contribution < 1.29 is 23.9 Å². The lowest BCUT2D eigenvalue weighted by atomic mass is 9.93. The van der Waals surface area contributed by atoms with Crippen molar-refractivity contribution in [2.24, 2.45) is 0 Å². The summed E-state index contributed by atoms with van der Waals surface area (Å²) in [4.78, 5) is 45.6. The maximum absolute atomic E-state index is 11.5. The van der Waals surface area contributed by atoms with Crippen molar-refractivity contribution in [3.8, 4) is 0 Å². The van der Waals surface area contributed by atoms with Crippen LogP contribution in [0, 0.1) is 0 Å². The number of carbonyl (C=O) groups is 4. The summed E-state index contributed by atoms with van der Waals surface area (Å²) in [5.41, 5.74) is 0.0224. The first-order valence-corrected chi connectivity index (χ1v) is 6.30. The van der Waals surface area contributed by atoms with Gasteiger partial charge in [0.1, 0.15) is 0 Å². The fourth-order valence-electron chi connectivity index (χ4n) is 1.83. The zero-order valence-corrected chi connectivity index (χ0v) is 11.9. The Bertz CT molecular complexity index is 599. The van der Waals surface area contributed by atoms with Gasteiger partial charge in [0, 0.05) is 11.1 Å². The molecule has 0 unspecified atom stereocenters. The van der Waals surface area contributed by atoms with E-state index in [1.54, 1.807) is 0 Å². The molecule has 1 aromatic rings. The molecule has 20 heavy (non-hydrogen) atoms. The number of carbonyl (C=O) groups excluding carboxylic acids is 4. The third-order valence-corrected chi connectivity index (χ3v) is 2.55. The molecule has 0 aromatic heterocycles. The molecule has 0 atom stereocenters. The molecule has 106 valence electrons. The average molecular weight is 276 g/mol. The highest BCUT2D eigenvalue weighted by molar-refractivity contribution is 6.22. The summed E-state index contributed by atoms with van der Waals surface area (Å²) in [5, 5.41) is 0. The second kappa shape index (κ2) is 6.23. The van der Waals surface area contributed by atoms with Crippen LogP contribution >= 0.6 is 0 Å². The maximum Gasteiger partial charge on any atom is 0.347 e. The molecule has 0 N–H and O–H groups in total. The Morgan fingerprint density at radius 1 is 1.00 bits per heavy atom. The molecule has 0 saturated heterocycles. The molecule has 0 spiro atoms. The number of esters is 2. The first-order chi connectivity index (χ1) is 9.34. The molecule has 0 radical (unpaired) electrons. The van der Waals surface area contributed by atoms with Gasteiger partial charge in [0.2, 0.25) is 0 Å². The van der Waals surface area contributed by atoms with Crippen LogP contribution in [0.15, 0.2) is 12.1 Å². The minimum atomic E-state index is -0.877. The lowest BCUT2D eigenvalue weighted by Crippen LogP contribution is -2.11. The van der Waals surface area contributed by atoms with Crippen LogP contribution in [0.4, 0.5) is 0 Å². The Labute approximate surface area is 116 Å². The molecule has 2 rings (SSSR count). The number of cyclic esters (lactones) is 2. The van der Waals surface area contributed by atoms with Crippen LogP contribution in [0.2, 0.25) is 0 Å². The monoisotopic (exact) mass is 276 g/mol. The van der Waals surface area contributed by atoms with Crippen molar-refractivity contribution in [2.45, 2.75) is 34.1 Å². The van der Waals surface area contributed by atoms with Crippen LogP contribution < -0.4 is 0 Å². The standard InChI is InChI=1S/C12H8O5.C3H8/c1-5(13)7-3-4-8-10(9(7)6(2)14)12(16)17-11(8)15;1-3-2/h3-4H,1-2H3;3H2,1-2H3. The predicted octanol–water partition coefficient (Wildman–Crippen LogP) is 2.82. The summed E-state index contributed by atoms with van der Waals surface area (Å²) in [6.07, 6.45) is 1.25. The van der Waals surface area contributed by atoms with Crippen molar-refractivity contribution in [3.63, 3.8) is 0 Å². The summed E-state index contributed by atoms with van der Waals surface area (Å²) >= 11 is 0. The smallest absolute Gasteiger partial charge is 0.347 e.